The number of nitrogens with zero attached hydrogens (tertiary/aromatic N) is 2. The molecule has 0 aromatic carbocycles. The molecule has 0 bridgehead atoms. The van der Waals surface area contributed by atoms with Crippen LogP contribution in [0.2, 0.25) is 0 Å². The average molecular weight is 266 g/mol. The van der Waals surface area contributed by atoms with Crippen molar-refractivity contribution in [2.45, 2.75) is 38.7 Å². The lowest BCUT2D eigenvalue weighted by atomic mass is 10.0. The second-order valence-electron chi connectivity index (χ2n) is 4.36. The lowest BCUT2D eigenvalue weighted by Gasteiger charge is -2.14. The summed E-state index contributed by atoms with van der Waals surface area (Å²) in [5, 5.41) is 14.1. The number of aliphatic hydroxyl groups is 1. The third kappa shape index (κ3) is 2.27. The van der Waals surface area contributed by atoms with Gasteiger partial charge in [0.1, 0.15) is 0 Å². The standard InChI is InChI=1S/C12H14N2OS2/c1-7-13-8(6-16-7)5-11-14-12-9(15)3-2-4-10(12)17-11/h6,9,15H,2-5H2,1H3. The Morgan fingerprint density at radius 2 is 2.35 bits per heavy atom. The number of fused-ring (bicyclic) bond motifs is 1. The van der Waals surface area contributed by atoms with Crippen LogP contribution < -0.4 is 0 Å². The van der Waals surface area contributed by atoms with Crippen LogP contribution in [0.25, 0.3) is 0 Å². The summed E-state index contributed by atoms with van der Waals surface area (Å²) in [6.45, 7) is 2.02. The van der Waals surface area contributed by atoms with E-state index in [0.717, 1.165) is 47.1 Å². The van der Waals surface area contributed by atoms with Gasteiger partial charge in [-0.3, -0.25) is 0 Å². The molecule has 2 heterocycles. The molecule has 3 rings (SSSR count). The van der Waals surface area contributed by atoms with Crippen molar-refractivity contribution >= 4 is 22.7 Å². The molecule has 1 N–H and O–H groups in total. The van der Waals surface area contributed by atoms with E-state index < -0.39 is 0 Å². The van der Waals surface area contributed by atoms with Gasteiger partial charge in [0.2, 0.25) is 0 Å². The molecule has 1 atom stereocenters. The fourth-order valence-electron chi connectivity index (χ4n) is 2.17. The lowest BCUT2D eigenvalue weighted by Crippen LogP contribution is -2.07. The summed E-state index contributed by atoms with van der Waals surface area (Å²) in [7, 11) is 0. The summed E-state index contributed by atoms with van der Waals surface area (Å²) in [6, 6.07) is 0. The van der Waals surface area contributed by atoms with Crippen molar-refractivity contribution in [2.75, 3.05) is 0 Å². The highest BCUT2D eigenvalue weighted by Gasteiger charge is 2.22. The van der Waals surface area contributed by atoms with Crippen LogP contribution in [0, 0.1) is 6.92 Å². The van der Waals surface area contributed by atoms with Gasteiger partial charge in [-0.25, -0.2) is 9.97 Å². The van der Waals surface area contributed by atoms with Gasteiger partial charge in [0, 0.05) is 16.7 Å². The maximum Gasteiger partial charge on any atom is 0.0992 e. The molecular weight excluding hydrogens is 252 g/mol. The van der Waals surface area contributed by atoms with Gasteiger partial charge >= 0.3 is 0 Å². The molecule has 0 radical (unpaired) electrons. The fraction of sp³-hybridized carbons (Fsp3) is 0.500. The number of aryl methyl sites for hydroxylation is 2. The summed E-state index contributed by atoms with van der Waals surface area (Å²) in [4.78, 5) is 10.3. The van der Waals surface area contributed by atoms with Gasteiger partial charge in [-0.15, -0.1) is 22.7 Å². The lowest BCUT2D eigenvalue weighted by molar-refractivity contribution is 0.153. The second kappa shape index (κ2) is 4.48. The number of aliphatic hydroxyl groups excluding tert-OH is 1. The molecule has 0 fully saturated rings. The molecule has 1 aliphatic rings. The molecule has 0 saturated heterocycles. The molecule has 0 saturated carbocycles. The van der Waals surface area contributed by atoms with E-state index in [1.54, 1.807) is 22.7 Å². The van der Waals surface area contributed by atoms with Crippen LogP contribution in [-0.4, -0.2) is 15.1 Å². The molecule has 3 nitrogen and oxygen atoms in total. The van der Waals surface area contributed by atoms with Crippen molar-refractivity contribution < 1.29 is 5.11 Å². The first-order valence-electron chi connectivity index (χ1n) is 5.80. The number of hydrogen-bond acceptors (Lipinski definition) is 5. The van der Waals surface area contributed by atoms with Crippen molar-refractivity contribution in [1.29, 1.82) is 0 Å². The summed E-state index contributed by atoms with van der Waals surface area (Å²) in [5.41, 5.74) is 2.01. The van der Waals surface area contributed by atoms with Crippen LogP contribution in [-0.2, 0) is 12.8 Å². The third-order valence-corrected chi connectivity index (χ3v) is 4.92. The van der Waals surface area contributed by atoms with Crippen molar-refractivity contribution in [3.63, 3.8) is 0 Å². The van der Waals surface area contributed by atoms with Crippen molar-refractivity contribution in [1.82, 2.24) is 9.97 Å². The molecule has 90 valence electrons. The Bertz CT molecular complexity index is 532. The minimum absolute atomic E-state index is 0.346. The third-order valence-electron chi connectivity index (χ3n) is 2.97. The topological polar surface area (TPSA) is 46.0 Å². The van der Waals surface area contributed by atoms with Crippen LogP contribution in [0.15, 0.2) is 5.38 Å². The molecule has 1 aliphatic carbocycles. The van der Waals surface area contributed by atoms with E-state index >= 15 is 0 Å². The number of thiazole rings is 2. The van der Waals surface area contributed by atoms with Crippen LogP contribution in [0.3, 0.4) is 0 Å². The zero-order valence-corrected chi connectivity index (χ0v) is 11.3. The molecule has 17 heavy (non-hydrogen) atoms. The SMILES string of the molecule is Cc1nc(Cc2nc3c(s2)CCCC3O)cs1. The molecular formula is C12H14N2OS2. The maximum absolute atomic E-state index is 9.88. The minimum atomic E-state index is -0.346. The number of rotatable bonds is 2. The van der Waals surface area contributed by atoms with Crippen LogP contribution >= 0.6 is 22.7 Å². The number of hydrogen-bond donors (Lipinski definition) is 1. The Balaban J connectivity index is 1.85. The van der Waals surface area contributed by atoms with Gasteiger partial charge in [0.25, 0.3) is 0 Å². The Morgan fingerprint density at radius 1 is 1.47 bits per heavy atom. The highest BCUT2D eigenvalue weighted by Crippen LogP contribution is 2.33. The van der Waals surface area contributed by atoms with Crippen molar-refractivity contribution in [3.8, 4) is 0 Å². The predicted molar refractivity (Wildman–Crippen MR) is 69.7 cm³/mol. The summed E-state index contributed by atoms with van der Waals surface area (Å²) in [5.74, 6) is 0. The predicted octanol–water partition coefficient (Wildman–Crippen LogP) is 2.87. The first-order valence-corrected chi connectivity index (χ1v) is 7.49. The molecule has 0 aliphatic heterocycles. The van der Waals surface area contributed by atoms with E-state index in [9.17, 15) is 5.11 Å². The van der Waals surface area contributed by atoms with Gasteiger partial charge in [-0.05, 0) is 26.2 Å². The van der Waals surface area contributed by atoms with Gasteiger partial charge in [-0.2, -0.15) is 0 Å². The number of aromatic nitrogens is 2. The quantitative estimate of drug-likeness (QED) is 0.909. The van der Waals surface area contributed by atoms with Gasteiger partial charge < -0.3 is 5.11 Å². The van der Waals surface area contributed by atoms with Crippen molar-refractivity contribution in [2.24, 2.45) is 0 Å². The zero-order valence-electron chi connectivity index (χ0n) is 9.64. The Labute approximate surface area is 108 Å². The highest BCUT2D eigenvalue weighted by atomic mass is 32.1. The van der Waals surface area contributed by atoms with Crippen LogP contribution in [0.5, 0.6) is 0 Å². The van der Waals surface area contributed by atoms with Crippen molar-refractivity contribution in [3.05, 3.63) is 31.7 Å². The largest absolute Gasteiger partial charge is 0.387 e. The minimum Gasteiger partial charge on any atom is -0.387 e. The molecule has 0 amide bonds. The van der Waals surface area contributed by atoms with Gasteiger partial charge in [0.05, 0.1) is 27.5 Å². The Morgan fingerprint density at radius 3 is 3.06 bits per heavy atom. The second-order valence-corrected chi connectivity index (χ2v) is 6.59. The van der Waals surface area contributed by atoms with E-state index in [1.807, 2.05) is 6.92 Å². The summed E-state index contributed by atoms with van der Waals surface area (Å²) >= 11 is 3.41. The summed E-state index contributed by atoms with van der Waals surface area (Å²) < 4.78 is 0. The van der Waals surface area contributed by atoms with E-state index in [-0.39, 0.29) is 6.10 Å². The fourth-order valence-corrected chi connectivity index (χ4v) is 3.96. The van der Waals surface area contributed by atoms with Crippen LogP contribution in [0.4, 0.5) is 0 Å². The molecule has 1 unspecified atom stereocenters. The van der Waals surface area contributed by atoms with E-state index in [0.29, 0.717) is 0 Å². The Kier molecular flexibility index (Phi) is 2.98. The van der Waals surface area contributed by atoms with Gasteiger partial charge in [-0.1, -0.05) is 0 Å². The zero-order chi connectivity index (χ0) is 11.8. The normalized spacial score (nSPS) is 19.3. The monoisotopic (exact) mass is 266 g/mol. The maximum atomic E-state index is 9.88. The molecule has 0 spiro atoms. The molecule has 2 aromatic heterocycles. The molecule has 2 aromatic rings. The molecule has 5 heteroatoms. The highest BCUT2D eigenvalue weighted by molar-refractivity contribution is 7.11. The summed E-state index contributed by atoms with van der Waals surface area (Å²) in [6.07, 6.45) is 3.45. The smallest absolute Gasteiger partial charge is 0.0992 e. The Hall–Kier alpha value is -0.780. The van der Waals surface area contributed by atoms with E-state index in [2.05, 4.69) is 15.3 Å². The first kappa shape index (κ1) is 11.3. The average Bonchev–Trinajstić information content (AvgIpc) is 2.86. The van der Waals surface area contributed by atoms with E-state index in [1.165, 1.54) is 4.88 Å². The van der Waals surface area contributed by atoms with Crippen LogP contribution in [0.1, 0.15) is 45.2 Å². The van der Waals surface area contributed by atoms with Gasteiger partial charge in [0.15, 0.2) is 0 Å². The first-order chi connectivity index (χ1) is 8.22. The van der Waals surface area contributed by atoms with E-state index in [4.69, 9.17) is 0 Å².